The van der Waals surface area contributed by atoms with Gasteiger partial charge in [0.2, 0.25) is 11.8 Å². The summed E-state index contributed by atoms with van der Waals surface area (Å²) in [5, 5.41) is 2.79. The Balaban J connectivity index is 1.73. The molecule has 1 aliphatic heterocycles. The van der Waals surface area contributed by atoms with Crippen LogP contribution in [-0.2, 0) is 19.1 Å². The van der Waals surface area contributed by atoms with E-state index in [0.717, 1.165) is 5.56 Å². The molecule has 0 radical (unpaired) electrons. The van der Waals surface area contributed by atoms with E-state index in [0.29, 0.717) is 38.2 Å². The van der Waals surface area contributed by atoms with E-state index in [4.69, 9.17) is 4.74 Å². The highest BCUT2D eigenvalue weighted by molar-refractivity contribution is 5.94. The quantitative estimate of drug-likeness (QED) is 0.734. The standard InChI is InChI=1S/C20H29N3O4/c1-4-27-20(26)16-9-11-23(12-10-16)14-19(25)22(3)13-18(24)21-17-7-5-15(2)6-8-17/h5-8,16H,4,9-14H2,1-3H3,(H,21,24). The first-order chi connectivity index (χ1) is 12.9. The normalized spacial score (nSPS) is 15.2. The molecule has 0 saturated carbocycles. The first kappa shape index (κ1) is 20.9. The average Bonchev–Trinajstić information content (AvgIpc) is 2.64. The van der Waals surface area contributed by atoms with E-state index < -0.39 is 0 Å². The van der Waals surface area contributed by atoms with Gasteiger partial charge in [0.25, 0.3) is 0 Å². The molecular formula is C20H29N3O4. The highest BCUT2D eigenvalue weighted by Gasteiger charge is 2.27. The lowest BCUT2D eigenvalue weighted by Crippen LogP contribution is -2.45. The molecule has 27 heavy (non-hydrogen) atoms. The molecule has 1 saturated heterocycles. The SMILES string of the molecule is CCOC(=O)C1CCN(CC(=O)N(C)CC(=O)Nc2ccc(C)cc2)CC1. The van der Waals surface area contributed by atoms with Crippen molar-refractivity contribution in [3.05, 3.63) is 29.8 Å². The van der Waals surface area contributed by atoms with Gasteiger partial charge in [0.15, 0.2) is 0 Å². The molecule has 1 N–H and O–H groups in total. The lowest BCUT2D eigenvalue weighted by molar-refractivity contribution is -0.149. The summed E-state index contributed by atoms with van der Waals surface area (Å²) in [6.07, 6.45) is 1.40. The number of piperidine rings is 1. The first-order valence-electron chi connectivity index (χ1n) is 9.38. The molecule has 1 fully saturated rings. The van der Waals surface area contributed by atoms with Gasteiger partial charge in [-0.25, -0.2) is 0 Å². The maximum Gasteiger partial charge on any atom is 0.309 e. The van der Waals surface area contributed by atoms with Crippen molar-refractivity contribution in [1.29, 1.82) is 0 Å². The van der Waals surface area contributed by atoms with Crippen LogP contribution in [0.1, 0.15) is 25.3 Å². The smallest absolute Gasteiger partial charge is 0.309 e. The second kappa shape index (κ2) is 10.1. The minimum atomic E-state index is -0.226. The van der Waals surface area contributed by atoms with E-state index in [1.165, 1.54) is 4.90 Å². The number of benzene rings is 1. The Morgan fingerprint density at radius 2 is 1.81 bits per heavy atom. The van der Waals surface area contributed by atoms with Crippen molar-refractivity contribution in [3.63, 3.8) is 0 Å². The number of carbonyl (C=O) groups is 3. The van der Waals surface area contributed by atoms with Gasteiger partial charge in [0.05, 0.1) is 25.6 Å². The Morgan fingerprint density at radius 1 is 1.19 bits per heavy atom. The number of esters is 1. The van der Waals surface area contributed by atoms with Crippen LogP contribution in [0.2, 0.25) is 0 Å². The minimum absolute atomic E-state index is 0.00595. The van der Waals surface area contributed by atoms with Gasteiger partial charge < -0.3 is 15.0 Å². The van der Waals surface area contributed by atoms with Crippen LogP contribution >= 0.6 is 0 Å². The highest BCUT2D eigenvalue weighted by atomic mass is 16.5. The van der Waals surface area contributed by atoms with E-state index in [9.17, 15) is 14.4 Å². The van der Waals surface area contributed by atoms with Crippen LogP contribution in [0.3, 0.4) is 0 Å². The third-order valence-electron chi connectivity index (χ3n) is 4.71. The number of hydrogen-bond acceptors (Lipinski definition) is 5. The first-order valence-corrected chi connectivity index (χ1v) is 9.38. The van der Waals surface area contributed by atoms with E-state index in [-0.39, 0.29) is 36.8 Å². The Kier molecular flexibility index (Phi) is 7.79. The second-order valence-electron chi connectivity index (χ2n) is 6.97. The number of ether oxygens (including phenoxy) is 1. The Morgan fingerprint density at radius 3 is 2.41 bits per heavy atom. The summed E-state index contributed by atoms with van der Waals surface area (Å²) < 4.78 is 5.06. The van der Waals surface area contributed by atoms with E-state index in [2.05, 4.69) is 5.32 Å². The van der Waals surface area contributed by atoms with Gasteiger partial charge in [0, 0.05) is 12.7 Å². The maximum absolute atomic E-state index is 12.4. The van der Waals surface area contributed by atoms with Crippen molar-refractivity contribution in [1.82, 2.24) is 9.80 Å². The fourth-order valence-electron chi connectivity index (χ4n) is 3.04. The van der Waals surface area contributed by atoms with Crippen molar-refractivity contribution in [2.75, 3.05) is 45.2 Å². The van der Waals surface area contributed by atoms with Crippen molar-refractivity contribution in [2.24, 2.45) is 5.92 Å². The number of anilines is 1. The number of carbonyl (C=O) groups excluding carboxylic acids is 3. The Labute approximate surface area is 160 Å². The number of amides is 2. The Bertz CT molecular complexity index is 652. The molecule has 0 aliphatic carbocycles. The van der Waals surface area contributed by atoms with Crippen molar-refractivity contribution in [2.45, 2.75) is 26.7 Å². The number of hydrogen-bond donors (Lipinski definition) is 1. The number of rotatable bonds is 7. The van der Waals surface area contributed by atoms with Gasteiger partial charge in [-0.2, -0.15) is 0 Å². The lowest BCUT2D eigenvalue weighted by atomic mass is 9.97. The van der Waals surface area contributed by atoms with Gasteiger partial charge >= 0.3 is 5.97 Å². The van der Waals surface area contributed by atoms with Crippen LogP contribution in [0.5, 0.6) is 0 Å². The van der Waals surface area contributed by atoms with E-state index in [1.807, 2.05) is 36.1 Å². The van der Waals surface area contributed by atoms with Crippen LogP contribution in [-0.4, -0.2) is 67.4 Å². The van der Waals surface area contributed by atoms with Crippen LogP contribution in [0.4, 0.5) is 5.69 Å². The van der Waals surface area contributed by atoms with Gasteiger partial charge in [-0.15, -0.1) is 0 Å². The molecule has 0 atom stereocenters. The zero-order valence-electron chi connectivity index (χ0n) is 16.4. The summed E-state index contributed by atoms with van der Waals surface area (Å²) in [6, 6.07) is 7.51. The molecule has 2 rings (SSSR count). The van der Waals surface area contributed by atoms with E-state index in [1.54, 1.807) is 14.0 Å². The summed E-state index contributed by atoms with van der Waals surface area (Å²) >= 11 is 0. The number of nitrogens with zero attached hydrogens (tertiary/aromatic N) is 2. The summed E-state index contributed by atoms with van der Waals surface area (Å²) in [6.45, 7) is 5.80. The molecule has 0 spiro atoms. The van der Waals surface area contributed by atoms with Crippen LogP contribution < -0.4 is 5.32 Å². The third kappa shape index (κ3) is 6.67. The van der Waals surface area contributed by atoms with Crippen LogP contribution in [0.25, 0.3) is 0 Å². The van der Waals surface area contributed by atoms with Crippen molar-refractivity contribution >= 4 is 23.5 Å². The molecule has 7 nitrogen and oxygen atoms in total. The minimum Gasteiger partial charge on any atom is -0.466 e. The average molecular weight is 375 g/mol. The van der Waals surface area contributed by atoms with Crippen molar-refractivity contribution in [3.8, 4) is 0 Å². The van der Waals surface area contributed by atoms with Gasteiger partial charge in [-0.3, -0.25) is 19.3 Å². The molecule has 7 heteroatoms. The molecule has 1 heterocycles. The third-order valence-corrected chi connectivity index (χ3v) is 4.71. The van der Waals surface area contributed by atoms with Crippen LogP contribution in [0.15, 0.2) is 24.3 Å². The summed E-state index contributed by atoms with van der Waals surface area (Å²) in [5.74, 6) is -0.554. The molecule has 0 unspecified atom stereocenters. The molecule has 148 valence electrons. The largest absolute Gasteiger partial charge is 0.466 e. The molecule has 1 aromatic carbocycles. The fraction of sp³-hybridized carbons (Fsp3) is 0.550. The summed E-state index contributed by atoms with van der Waals surface area (Å²) in [5.41, 5.74) is 1.83. The second-order valence-corrected chi connectivity index (χ2v) is 6.97. The van der Waals surface area contributed by atoms with Crippen molar-refractivity contribution < 1.29 is 19.1 Å². The fourth-order valence-corrected chi connectivity index (χ4v) is 3.04. The van der Waals surface area contributed by atoms with Crippen LogP contribution in [0, 0.1) is 12.8 Å². The molecule has 1 aromatic rings. The Hall–Kier alpha value is -2.41. The number of nitrogens with one attached hydrogen (secondary N) is 1. The lowest BCUT2D eigenvalue weighted by Gasteiger charge is -2.31. The number of likely N-dealkylation sites (N-methyl/N-ethyl adjacent to an activating group) is 1. The monoisotopic (exact) mass is 375 g/mol. The molecule has 0 bridgehead atoms. The number of aryl methyl sites for hydroxylation is 1. The van der Waals surface area contributed by atoms with Gasteiger partial charge in [-0.05, 0) is 51.9 Å². The molecule has 0 aromatic heterocycles. The van der Waals surface area contributed by atoms with Gasteiger partial charge in [-0.1, -0.05) is 17.7 Å². The highest BCUT2D eigenvalue weighted by Crippen LogP contribution is 2.18. The zero-order valence-corrected chi connectivity index (χ0v) is 16.4. The van der Waals surface area contributed by atoms with Gasteiger partial charge in [0.1, 0.15) is 0 Å². The molecule has 2 amide bonds. The molecular weight excluding hydrogens is 346 g/mol. The maximum atomic E-state index is 12.4. The predicted molar refractivity (Wildman–Crippen MR) is 103 cm³/mol. The summed E-state index contributed by atoms with van der Waals surface area (Å²) in [4.78, 5) is 39.7. The molecule has 1 aliphatic rings. The predicted octanol–water partition coefficient (Wildman–Crippen LogP) is 1.67. The zero-order chi connectivity index (χ0) is 19.8. The topological polar surface area (TPSA) is 79.0 Å². The number of likely N-dealkylation sites (tertiary alicyclic amines) is 1. The summed E-state index contributed by atoms with van der Waals surface area (Å²) in [7, 11) is 1.63. The van der Waals surface area contributed by atoms with E-state index >= 15 is 0 Å².